The first-order valence-electron chi connectivity index (χ1n) is 4.37. The molecule has 16 heavy (non-hydrogen) atoms. The molecule has 3 unspecified atom stereocenters. The first-order chi connectivity index (χ1) is 6.81. The zero-order valence-electron chi connectivity index (χ0n) is 10.5. The molecule has 0 saturated heterocycles. The van der Waals surface area contributed by atoms with E-state index in [1.54, 1.807) is 0 Å². The molecule has 7 heteroatoms. The molecule has 3 atom stereocenters. The van der Waals surface area contributed by atoms with E-state index in [2.05, 4.69) is 14.2 Å². The molecule has 0 aromatic rings. The number of rotatable bonds is 3. The average molecular weight is 394 g/mol. The molecular weight excluding hydrogens is 373 g/mol. The van der Waals surface area contributed by atoms with Gasteiger partial charge in [-0.3, -0.25) is 0 Å². The minimum absolute atomic E-state index is 0. The van der Waals surface area contributed by atoms with E-state index >= 15 is 0 Å². The monoisotopic (exact) mass is 394 g/mol. The third-order valence-corrected chi connectivity index (χ3v) is 0.996. The van der Waals surface area contributed by atoms with Crippen LogP contribution in [-0.2, 0) is 14.2 Å². The minimum Gasteiger partial charge on any atom is -0.831 e. The summed E-state index contributed by atoms with van der Waals surface area (Å²) in [6.07, 6.45) is -2.60. The van der Waals surface area contributed by atoms with E-state index in [4.69, 9.17) is 0 Å². The quantitative estimate of drug-likeness (QED) is 0.515. The van der Waals surface area contributed by atoms with Crippen molar-refractivity contribution in [3.8, 4) is 0 Å². The predicted molar refractivity (Wildman–Crippen MR) is 49.4 cm³/mol. The van der Waals surface area contributed by atoms with E-state index in [0.717, 1.165) is 0 Å². The van der Waals surface area contributed by atoms with Crippen molar-refractivity contribution in [2.75, 3.05) is 21.3 Å². The molecular formula is C9H21O6Tm. The van der Waals surface area contributed by atoms with Crippen LogP contribution < -0.4 is 15.3 Å². The Morgan fingerprint density at radius 1 is 0.625 bits per heavy atom. The summed E-state index contributed by atoms with van der Waals surface area (Å²) >= 11 is 0. The van der Waals surface area contributed by atoms with Gasteiger partial charge in [0.25, 0.3) is 0 Å². The Morgan fingerprint density at radius 3 is 0.688 bits per heavy atom. The van der Waals surface area contributed by atoms with Gasteiger partial charge in [-0.1, -0.05) is 20.8 Å². The average Bonchev–Trinajstić information content (AvgIpc) is 2.19. The topological polar surface area (TPSA) is 96.9 Å². The van der Waals surface area contributed by atoms with Gasteiger partial charge in [-0.05, 0) is 18.9 Å². The molecule has 0 rings (SSSR count). The molecule has 0 amide bonds. The van der Waals surface area contributed by atoms with Crippen molar-refractivity contribution in [3.05, 3.63) is 0 Å². The van der Waals surface area contributed by atoms with Crippen molar-refractivity contribution in [1.29, 1.82) is 0 Å². The molecule has 106 valence electrons. The summed E-state index contributed by atoms with van der Waals surface area (Å²) in [5.41, 5.74) is 0. The standard InChI is InChI=1S/3C3H7O2.Tm/c3*1-3(4)5-2;/h3*3H,1-2H3;/q3*-1;+3. The molecule has 6 nitrogen and oxygen atoms in total. The smallest absolute Gasteiger partial charge is 0.831 e. The Bertz CT molecular complexity index is 81.0. The second-order valence-corrected chi connectivity index (χ2v) is 2.41. The minimum atomic E-state index is -0.866. The third-order valence-electron chi connectivity index (χ3n) is 0.996. The first-order valence-corrected chi connectivity index (χ1v) is 4.37. The number of ether oxygens (including phenoxy) is 3. The van der Waals surface area contributed by atoms with Gasteiger partial charge in [-0.25, -0.2) is 0 Å². The van der Waals surface area contributed by atoms with Gasteiger partial charge in [0.1, 0.15) is 0 Å². The van der Waals surface area contributed by atoms with Crippen molar-refractivity contribution in [1.82, 2.24) is 0 Å². The molecule has 0 aliphatic rings. The zero-order valence-corrected chi connectivity index (χ0v) is 12.2. The molecule has 0 aromatic heterocycles. The normalized spacial score (nSPS) is 14.1. The van der Waals surface area contributed by atoms with Crippen molar-refractivity contribution >= 4 is 0 Å². The van der Waals surface area contributed by atoms with E-state index in [1.807, 2.05) is 0 Å². The Morgan fingerprint density at radius 2 is 0.688 bits per heavy atom. The fourth-order valence-electron chi connectivity index (χ4n) is 0. The van der Waals surface area contributed by atoms with Crippen molar-refractivity contribution < 1.29 is 66.4 Å². The summed E-state index contributed by atoms with van der Waals surface area (Å²) in [5, 5.41) is 29.0. The molecule has 0 aliphatic carbocycles. The summed E-state index contributed by atoms with van der Waals surface area (Å²) in [7, 11) is 4.16. The van der Waals surface area contributed by atoms with Crippen LogP contribution in [0.1, 0.15) is 20.8 Å². The van der Waals surface area contributed by atoms with Crippen LogP contribution in [-0.4, -0.2) is 40.2 Å². The second-order valence-electron chi connectivity index (χ2n) is 2.41. The fourth-order valence-corrected chi connectivity index (χ4v) is 0. The summed E-state index contributed by atoms with van der Waals surface area (Å²) in [6.45, 7) is 4.33. The molecule has 0 aliphatic heterocycles. The maximum atomic E-state index is 9.67. The van der Waals surface area contributed by atoms with E-state index in [1.165, 1.54) is 42.1 Å². The van der Waals surface area contributed by atoms with Crippen molar-refractivity contribution in [3.63, 3.8) is 0 Å². The van der Waals surface area contributed by atoms with E-state index in [9.17, 15) is 15.3 Å². The van der Waals surface area contributed by atoms with Crippen LogP contribution >= 0.6 is 0 Å². The van der Waals surface area contributed by atoms with Crippen molar-refractivity contribution in [2.45, 2.75) is 39.6 Å². The molecule has 0 N–H and O–H groups in total. The van der Waals surface area contributed by atoms with Crippen LogP contribution in [0, 0.1) is 36.9 Å². The van der Waals surface area contributed by atoms with Crippen LogP contribution in [0.4, 0.5) is 0 Å². The van der Waals surface area contributed by atoms with Crippen LogP contribution in [0.25, 0.3) is 0 Å². The van der Waals surface area contributed by atoms with E-state index < -0.39 is 18.9 Å². The molecule has 0 saturated carbocycles. The fraction of sp³-hybridized carbons (Fsp3) is 1.00. The maximum absolute atomic E-state index is 9.67. The number of hydrogen-bond donors (Lipinski definition) is 0. The van der Waals surface area contributed by atoms with E-state index in [0.29, 0.717) is 0 Å². The molecule has 0 heterocycles. The summed E-state index contributed by atoms with van der Waals surface area (Å²) in [5.74, 6) is 0. The summed E-state index contributed by atoms with van der Waals surface area (Å²) < 4.78 is 12.6. The van der Waals surface area contributed by atoms with Crippen LogP contribution in [0.5, 0.6) is 0 Å². The molecule has 0 radical (unpaired) electrons. The van der Waals surface area contributed by atoms with E-state index in [-0.39, 0.29) is 36.9 Å². The third kappa shape index (κ3) is 60.0. The predicted octanol–water partition coefficient (Wildman–Crippen LogP) is -1.98. The van der Waals surface area contributed by atoms with Gasteiger partial charge in [-0.2, -0.15) is 0 Å². The molecule has 0 fully saturated rings. The summed E-state index contributed by atoms with van der Waals surface area (Å²) in [4.78, 5) is 0. The second kappa shape index (κ2) is 21.3. The zero-order chi connectivity index (χ0) is 12.9. The van der Waals surface area contributed by atoms with Gasteiger partial charge in [0.05, 0.1) is 0 Å². The van der Waals surface area contributed by atoms with Crippen LogP contribution in [0.2, 0.25) is 0 Å². The largest absolute Gasteiger partial charge is 3.00 e. The van der Waals surface area contributed by atoms with Gasteiger partial charge in [0.15, 0.2) is 0 Å². The SMILES string of the molecule is COC(C)[O-].COC(C)[O-].COC(C)[O-].[Tm+3]. The van der Waals surface area contributed by atoms with Crippen molar-refractivity contribution in [2.24, 2.45) is 0 Å². The molecule has 0 aromatic carbocycles. The van der Waals surface area contributed by atoms with Gasteiger partial charge in [0.2, 0.25) is 0 Å². The van der Waals surface area contributed by atoms with Crippen LogP contribution in [0.3, 0.4) is 0 Å². The van der Waals surface area contributed by atoms with Gasteiger partial charge >= 0.3 is 36.9 Å². The number of methoxy groups -OCH3 is 3. The Labute approximate surface area is 127 Å². The molecule has 0 spiro atoms. The van der Waals surface area contributed by atoms with Gasteiger partial charge in [0, 0.05) is 21.3 Å². The Kier molecular flexibility index (Phi) is 34.3. The summed E-state index contributed by atoms with van der Waals surface area (Å²) in [6, 6.07) is 0. The van der Waals surface area contributed by atoms with Gasteiger partial charge in [-0.15, -0.1) is 0 Å². The Hall–Kier alpha value is 0.994. The Balaban J connectivity index is -0.0000000655. The maximum Gasteiger partial charge on any atom is 3.00 e. The van der Waals surface area contributed by atoms with Crippen LogP contribution in [0.15, 0.2) is 0 Å². The first kappa shape index (κ1) is 25.7. The van der Waals surface area contributed by atoms with Gasteiger partial charge < -0.3 is 29.5 Å². The molecule has 0 bridgehead atoms. The number of hydrogen-bond acceptors (Lipinski definition) is 6.